The highest BCUT2D eigenvalue weighted by molar-refractivity contribution is 5.77. The standard InChI is InChI=1S/C21H25N3O5/c22-19(25)12-11-18(20(26)27)29-24-21(28)23-14-13-17(15-7-3-1-4-8-15)16-9-5-2-6-10-16/h1-10,17-18H,11-14H2,(H2,22,25)(H,26,27)(H2,23,24,28)/t18-/m1/s1. The molecule has 0 bridgehead atoms. The molecule has 8 nitrogen and oxygen atoms in total. The molecule has 0 radical (unpaired) electrons. The van der Waals surface area contributed by atoms with E-state index in [0.717, 1.165) is 11.1 Å². The first-order valence-electron chi connectivity index (χ1n) is 9.28. The molecular weight excluding hydrogens is 374 g/mol. The predicted octanol–water partition coefficient (Wildman–Crippen LogP) is 2.16. The average molecular weight is 399 g/mol. The van der Waals surface area contributed by atoms with Crippen molar-refractivity contribution in [3.63, 3.8) is 0 Å². The normalized spacial score (nSPS) is 11.6. The summed E-state index contributed by atoms with van der Waals surface area (Å²) in [5.74, 6) is -1.84. The maximum atomic E-state index is 11.9. The Morgan fingerprint density at radius 1 is 0.931 bits per heavy atom. The van der Waals surface area contributed by atoms with Gasteiger partial charge in [0, 0.05) is 18.9 Å². The molecule has 0 aliphatic rings. The largest absolute Gasteiger partial charge is 0.479 e. The zero-order chi connectivity index (χ0) is 21.1. The summed E-state index contributed by atoms with van der Waals surface area (Å²) < 4.78 is 0. The van der Waals surface area contributed by atoms with Crippen LogP contribution in [0.15, 0.2) is 60.7 Å². The molecule has 5 N–H and O–H groups in total. The molecule has 8 heteroatoms. The monoisotopic (exact) mass is 399 g/mol. The lowest BCUT2D eigenvalue weighted by Crippen LogP contribution is -2.41. The molecule has 154 valence electrons. The predicted molar refractivity (Wildman–Crippen MR) is 107 cm³/mol. The third-order valence-electron chi connectivity index (χ3n) is 4.34. The van der Waals surface area contributed by atoms with Crippen molar-refractivity contribution < 1.29 is 24.3 Å². The van der Waals surface area contributed by atoms with Crippen LogP contribution in [-0.4, -0.2) is 35.7 Å². The van der Waals surface area contributed by atoms with Gasteiger partial charge < -0.3 is 16.2 Å². The first-order valence-corrected chi connectivity index (χ1v) is 9.28. The van der Waals surface area contributed by atoms with Crippen LogP contribution < -0.4 is 16.5 Å². The summed E-state index contributed by atoms with van der Waals surface area (Å²) >= 11 is 0. The van der Waals surface area contributed by atoms with Crippen molar-refractivity contribution >= 4 is 17.9 Å². The molecule has 2 aromatic carbocycles. The number of rotatable bonds is 11. The molecule has 0 spiro atoms. The minimum absolute atomic E-state index is 0.0981. The lowest BCUT2D eigenvalue weighted by atomic mass is 9.88. The number of carbonyl (C=O) groups is 3. The second-order valence-electron chi connectivity index (χ2n) is 6.47. The number of amides is 3. The number of nitrogens with one attached hydrogen (secondary N) is 2. The number of carbonyl (C=O) groups excluding carboxylic acids is 2. The molecule has 0 fully saturated rings. The van der Waals surface area contributed by atoms with E-state index in [9.17, 15) is 14.4 Å². The molecule has 2 rings (SSSR count). The van der Waals surface area contributed by atoms with E-state index in [0.29, 0.717) is 13.0 Å². The molecule has 3 amide bonds. The van der Waals surface area contributed by atoms with Gasteiger partial charge in [0.15, 0.2) is 6.10 Å². The van der Waals surface area contributed by atoms with Gasteiger partial charge in [-0.05, 0) is 24.0 Å². The van der Waals surface area contributed by atoms with Crippen LogP contribution in [0.3, 0.4) is 0 Å². The first-order chi connectivity index (χ1) is 14.0. The average Bonchev–Trinajstić information content (AvgIpc) is 2.72. The number of hydroxylamine groups is 1. The van der Waals surface area contributed by atoms with E-state index in [4.69, 9.17) is 15.7 Å². The summed E-state index contributed by atoms with van der Waals surface area (Å²) in [5.41, 5.74) is 9.33. The Labute approximate surface area is 169 Å². The summed E-state index contributed by atoms with van der Waals surface area (Å²) in [6.45, 7) is 0.350. The molecule has 0 aliphatic carbocycles. The first kappa shape index (κ1) is 21.9. The summed E-state index contributed by atoms with van der Waals surface area (Å²) in [5, 5.41) is 11.7. The molecule has 29 heavy (non-hydrogen) atoms. The Morgan fingerprint density at radius 2 is 1.48 bits per heavy atom. The van der Waals surface area contributed by atoms with Crippen molar-refractivity contribution in [2.45, 2.75) is 31.3 Å². The van der Waals surface area contributed by atoms with E-state index < -0.39 is 24.0 Å². The lowest BCUT2D eigenvalue weighted by Gasteiger charge is -2.19. The number of carboxylic acid groups (broad SMARTS) is 1. The van der Waals surface area contributed by atoms with Gasteiger partial charge in [-0.2, -0.15) is 0 Å². The van der Waals surface area contributed by atoms with E-state index in [1.54, 1.807) is 0 Å². The van der Waals surface area contributed by atoms with Crippen molar-refractivity contribution in [1.82, 2.24) is 10.8 Å². The highest BCUT2D eigenvalue weighted by Crippen LogP contribution is 2.27. The third-order valence-corrected chi connectivity index (χ3v) is 4.34. The van der Waals surface area contributed by atoms with Gasteiger partial charge in [-0.15, -0.1) is 0 Å². The minimum atomic E-state index is -1.35. The fourth-order valence-corrected chi connectivity index (χ4v) is 2.89. The van der Waals surface area contributed by atoms with E-state index in [-0.39, 0.29) is 18.8 Å². The molecule has 0 saturated carbocycles. The van der Waals surface area contributed by atoms with E-state index in [2.05, 4.69) is 10.8 Å². The number of hydrogen-bond acceptors (Lipinski definition) is 4. The van der Waals surface area contributed by atoms with Crippen LogP contribution in [0.1, 0.15) is 36.3 Å². The van der Waals surface area contributed by atoms with Gasteiger partial charge >= 0.3 is 12.0 Å². The van der Waals surface area contributed by atoms with Crippen molar-refractivity contribution in [3.8, 4) is 0 Å². The molecule has 1 atom stereocenters. The quantitative estimate of drug-likeness (QED) is 0.430. The maximum Gasteiger partial charge on any atom is 0.338 e. The number of nitrogens with two attached hydrogens (primary N) is 1. The number of aliphatic carboxylic acids is 1. The van der Waals surface area contributed by atoms with Crippen molar-refractivity contribution in [2.24, 2.45) is 5.73 Å². The van der Waals surface area contributed by atoms with Gasteiger partial charge in [-0.25, -0.2) is 15.1 Å². The van der Waals surface area contributed by atoms with Gasteiger partial charge in [-0.3, -0.25) is 9.63 Å². The maximum absolute atomic E-state index is 11.9. The fourth-order valence-electron chi connectivity index (χ4n) is 2.89. The fraction of sp³-hybridized carbons (Fsp3) is 0.286. The summed E-state index contributed by atoms with van der Waals surface area (Å²) in [6.07, 6.45) is -0.994. The van der Waals surface area contributed by atoms with Crippen LogP contribution in [0.4, 0.5) is 4.79 Å². The van der Waals surface area contributed by atoms with Crippen LogP contribution >= 0.6 is 0 Å². The molecule has 0 heterocycles. The van der Waals surface area contributed by atoms with Crippen LogP contribution in [-0.2, 0) is 14.4 Å². The SMILES string of the molecule is NC(=O)CC[C@@H](ONC(=O)NCCC(c1ccccc1)c1ccccc1)C(=O)O. The zero-order valence-electron chi connectivity index (χ0n) is 15.9. The van der Waals surface area contributed by atoms with Gasteiger partial charge in [0.1, 0.15) is 0 Å². The van der Waals surface area contributed by atoms with Crippen molar-refractivity contribution in [2.75, 3.05) is 6.54 Å². The van der Waals surface area contributed by atoms with E-state index in [1.807, 2.05) is 60.7 Å². The van der Waals surface area contributed by atoms with E-state index >= 15 is 0 Å². The molecule has 0 unspecified atom stereocenters. The van der Waals surface area contributed by atoms with Gasteiger partial charge in [0.2, 0.25) is 5.91 Å². The van der Waals surface area contributed by atoms with Gasteiger partial charge in [0.25, 0.3) is 0 Å². The lowest BCUT2D eigenvalue weighted by molar-refractivity contribution is -0.154. The molecular formula is C21H25N3O5. The molecule has 0 aromatic heterocycles. The number of primary amides is 1. The Morgan fingerprint density at radius 3 is 1.97 bits per heavy atom. The molecule has 0 saturated heterocycles. The molecule has 0 aliphatic heterocycles. The van der Waals surface area contributed by atoms with Crippen LogP contribution in [0.2, 0.25) is 0 Å². The second kappa shape index (κ2) is 11.5. The van der Waals surface area contributed by atoms with Crippen molar-refractivity contribution in [1.29, 1.82) is 0 Å². The summed E-state index contributed by atoms with van der Waals surface area (Å²) in [7, 11) is 0. The number of carboxylic acids is 1. The van der Waals surface area contributed by atoms with E-state index in [1.165, 1.54) is 0 Å². The number of urea groups is 1. The third kappa shape index (κ3) is 7.63. The smallest absolute Gasteiger partial charge is 0.338 e. The number of hydrogen-bond donors (Lipinski definition) is 4. The van der Waals surface area contributed by atoms with Gasteiger partial charge in [-0.1, -0.05) is 60.7 Å². The highest BCUT2D eigenvalue weighted by atomic mass is 16.7. The molecule has 2 aromatic rings. The number of benzene rings is 2. The Balaban J connectivity index is 1.86. The van der Waals surface area contributed by atoms with Crippen LogP contribution in [0.25, 0.3) is 0 Å². The summed E-state index contributed by atoms with van der Waals surface area (Å²) in [4.78, 5) is 38.7. The van der Waals surface area contributed by atoms with Crippen LogP contribution in [0.5, 0.6) is 0 Å². The van der Waals surface area contributed by atoms with Crippen LogP contribution in [0, 0.1) is 0 Å². The Hall–Kier alpha value is -3.39. The minimum Gasteiger partial charge on any atom is -0.479 e. The highest BCUT2D eigenvalue weighted by Gasteiger charge is 2.21. The Kier molecular flexibility index (Phi) is 8.65. The Bertz CT molecular complexity index is 759. The summed E-state index contributed by atoms with van der Waals surface area (Å²) in [6, 6.07) is 19.3. The zero-order valence-corrected chi connectivity index (χ0v) is 15.9. The van der Waals surface area contributed by atoms with Gasteiger partial charge in [0.05, 0.1) is 0 Å². The topological polar surface area (TPSA) is 131 Å². The van der Waals surface area contributed by atoms with Crippen molar-refractivity contribution in [3.05, 3.63) is 71.8 Å². The second-order valence-corrected chi connectivity index (χ2v) is 6.47.